The van der Waals surface area contributed by atoms with Gasteiger partial charge in [-0.05, 0) is 31.4 Å². The summed E-state index contributed by atoms with van der Waals surface area (Å²) in [5, 5.41) is 9.42. The third-order valence-corrected chi connectivity index (χ3v) is 7.27. The third kappa shape index (κ3) is 2.81. The monoisotopic (exact) mass is 376 g/mol. The molecule has 3 unspecified atom stereocenters. The van der Waals surface area contributed by atoms with E-state index in [1.54, 1.807) is 0 Å². The molecule has 2 bridgehead atoms. The van der Waals surface area contributed by atoms with Gasteiger partial charge in [0.2, 0.25) is 0 Å². The minimum atomic E-state index is -3.89. The maximum atomic E-state index is 13.9. The Labute approximate surface area is 145 Å². The van der Waals surface area contributed by atoms with Crippen LogP contribution in [0.5, 0.6) is 0 Å². The lowest BCUT2D eigenvalue weighted by Crippen LogP contribution is -2.45. The maximum Gasteiger partial charge on any atom is 0.308 e. The average molecular weight is 377 g/mol. The Bertz CT molecular complexity index is 752. The maximum absolute atomic E-state index is 13.9. The van der Waals surface area contributed by atoms with Gasteiger partial charge >= 0.3 is 5.97 Å². The van der Waals surface area contributed by atoms with Crippen molar-refractivity contribution in [2.45, 2.75) is 37.9 Å². The van der Waals surface area contributed by atoms with E-state index in [1.165, 1.54) is 29.6 Å². The highest BCUT2D eigenvalue weighted by Gasteiger charge is 2.55. The second-order valence-corrected chi connectivity index (χ2v) is 8.62. The Balaban J connectivity index is 1.85. The average Bonchev–Trinajstić information content (AvgIpc) is 3.09. The van der Waals surface area contributed by atoms with Crippen molar-refractivity contribution in [1.82, 2.24) is 8.61 Å². The van der Waals surface area contributed by atoms with Gasteiger partial charge in [0.05, 0.1) is 5.92 Å². The van der Waals surface area contributed by atoms with Crippen LogP contribution in [0.4, 0.5) is 4.39 Å². The van der Waals surface area contributed by atoms with Crippen molar-refractivity contribution in [2.24, 2.45) is 5.92 Å². The van der Waals surface area contributed by atoms with Gasteiger partial charge in [0.15, 0.2) is 0 Å². The molecule has 2 aliphatic rings. The molecule has 0 radical (unpaired) electrons. The lowest BCUT2D eigenvalue weighted by atomic mass is 9.89. The number of carboxylic acid groups (broad SMARTS) is 1. The molecule has 2 saturated heterocycles. The van der Waals surface area contributed by atoms with Gasteiger partial charge in [0.25, 0.3) is 10.2 Å². The SMILES string of the molecule is CN(Cc1c(F)cccc1Cl)S(=O)(=O)N1C2CCC1C(C(=O)O)C2. The van der Waals surface area contributed by atoms with Crippen molar-refractivity contribution in [2.75, 3.05) is 7.05 Å². The smallest absolute Gasteiger partial charge is 0.308 e. The zero-order chi connectivity index (χ0) is 17.6. The fourth-order valence-corrected chi connectivity index (χ4v) is 5.71. The normalized spacial score (nSPS) is 27.1. The second-order valence-electron chi connectivity index (χ2n) is 6.27. The van der Waals surface area contributed by atoms with Crippen molar-refractivity contribution in [3.05, 3.63) is 34.6 Å². The fourth-order valence-electron chi connectivity index (χ4n) is 3.71. The number of rotatable bonds is 5. The molecule has 132 valence electrons. The highest BCUT2D eigenvalue weighted by Crippen LogP contribution is 2.44. The van der Waals surface area contributed by atoms with Crippen molar-refractivity contribution >= 4 is 27.8 Å². The Hall–Kier alpha value is -1.22. The van der Waals surface area contributed by atoms with E-state index >= 15 is 0 Å². The van der Waals surface area contributed by atoms with E-state index < -0.39 is 34.0 Å². The van der Waals surface area contributed by atoms with Crippen LogP contribution in [0.3, 0.4) is 0 Å². The van der Waals surface area contributed by atoms with Crippen LogP contribution in [0.2, 0.25) is 5.02 Å². The number of benzene rings is 1. The van der Waals surface area contributed by atoms with Gasteiger partial charge in [-0.3, -0.25) is 4.79 Å². The summed E-state index contributed by atoms with van der Waals surface area (Å²) in [6.07, 6.45) is 1.52. The highest BCUT2D eigenvalue weighted by molar-refractivity contribution is 7.86. The summed E-state index contributed by atoms with van der Waals surface area (Å²) in [6, 6.07) is 3.34. The summed E-state index contributed by atoms with van der Waals surface area (Å²) in [5.41, 5.74) is 0.103. The molecule has 6 nitrogen and oxygen atoms in total. The molecule has 0 aromatic heterocycles. The van der Waals surface area contributed by atoms with Gasteiger partial charge in [-0.2, -0.15) is 17.0 Å². The molecule has 1 N–H and O–H groups in total. The Kier molecular flexibility index (Phi) is 4.59. The van der Waals surface area contributed by atoms with Crippen molar-refractivity contribution in [3.8, 4) is 0 Å². The number of fused-ring (bicyclic) bond motifs is 2. The summed E-state index contributed by atoms with van der Waals surface area (Å²) >= 11 is 5.96. The zero-order valence-corrected chi connectivity index (χ0v) is 14.6. The minimum absolute atomic E-state index is 0.103. The van der Waals surface area contributed by atoms with Gasteiger partial charge in [-0.1, -0.05) is 17.7 Å². The molecule has 24 heavy (non-hydrogen) atoms. The van der Waals surface area contributed by atoms with Gasteiger partial charge in [0.1, 0.15) is 5.82 Å². The molecular formula is C15H18ClFN2O4S. The van der Waals surface area contributed by atoms with E-state index in [0.29, 0.717) is 19.3 Å². The first kappa shape index (κ1) is 17.6. The Morgan fingerprint density at radius 3 is 2.75 bits per heavy atom. The molecule has 2 fully saturated rings. The number of hydrogen-bond donors (Lipinski definition) is 1. The highest BCUT2D eigenvalue weighted by atomic mass is 35.5. The lowest BCUT2D eigenvalue weighted by Gasteiger charge is -2.28. The van der Waals surface area contributed by atoms with Crippen LogP contribution in [-0.2, 0) is 21.5 Å². The van der Waals surface area contributed by atoms with Crippen LogP contribution in [0.1, 0.15) is 24.8 Å². The van der Waals surface area contributed by atoms with Crippen LogP contribution in [0.15, 0.2) is 18.2 Å². The number of halogens is 2. The van der Waals surface area contributed by atoms with Crippen LogP contribution in [-0.4, -0.2) is 47.2 Å². The minimum Gasteiger partial charge on any atom is -0.481 e. The number of nitrogens with zero attached hydrogens (tertiary/aromatic N) is 2. The molecule has 0 amide bonds. The number of carbonyl (C=O) groups is 1. The first-order valence-corrected chi connectivity index (χ1v) is 9.41. The quantitative estimate of drug-likeness (QED) is 0.853. The molecule has 3 atom stereocenters. The topological polar surface area (TPSA) is 77.9 Å². The molecule has 0 spiro atoms. The standard InChI is InChI=1S/C15H18ClFN2O4S/c1-18(8-11-12(16)3-2-4-13(11)17)24(22,23)19-9-5-6-14(19)10(7-9)15(20)21/h2-4,9-10,14H,5-8H2,1H3,(H,20,21). The number of carboxylic acids is 1. The van der Waals surface area contributed by atoms with Crippen LogP contribution < -0.4 is 0 Å². The summed E-state index contributed by atoms with van der Waals surface area (Å²) in [6.45, 7) is -0.207. The summed E-state index contributed by atoms with van der Waals surface area (Å²) in [7, 11) is -2.54. The van der Waals surface area contributed by atoms with Crippen LogP contribution >= 0.6 is 11.6 Å². The predicted octanol–water partition coefficient (Wildman–Crippen LogP) is 2.09. The van der Waals surface area contributed by atoms with E-state index in [4.69, 9.17) is 11.6 Å². The number of aliphatic carboxylic acids is 1. The molecule has 9 heteroatoms. The van der Waals surface area contributed by atoms with Crippen molar-refractivity contribution < 1.29 is 22.7 Å². The first-order chi connectivity index (χ1) is 11.2. The van der Waals surface area contributed by atoms with E-state index in [0.717, 1.165) is 4.31 Å². The molecule has 1 aromatic rings. The lowest BCUT2D eigenvalue weighted by molar-refractivity contribution is -0.142. The van der Waals surface area contributed by atoms with Crippen molar-refractivity contribution in [1.29, 1.82) is 0 Å². The van der Waals surface area contributed by atoms with E-state index in [1.807, 2.05) is 0 Å². The molecule has 0 aliphatic carbocycles. The molecule has 0 saturated carbocycles. The van der Waals surface area contributed by atoms with Gasteiger partial charge in [-0.15, -0.1) is 0 Å². The van der Waals surface area contributed by atoms with Gasteiger partial charge < -0.3 is 5.11 Å². The van der Waals surface area contributed by atoms with Gasteiger partial charge in [-0.25, -0.2) is 4.39 Å². The third-order valence-electron chi connectivity index (χ3n) is 4.89. The van der Waals surface area contributed by atoms with Crippen LogP contribution in [0.25, 0.3) is 0 Å². The van der Waals surface area contributed by atoms with Crippen LogP contribution in [0, 0.1) is 11.7 Å². The molecule has 1 aromatic carbocycles. The molecule has 2 aliphatic heterocycles. The van der Waals surface area contributed by atoms with E-state index in [9.17, 15) is 22.7 Å². The zero-order valence-electron chi connectivity index (χ0n) is 13.0. The summed E-state index contributed by atoms with van der Waals surface area (Å²) < 4.78 is 42.0. The molecule has 3 rings (SSSR count). The predicted molar refractivity (Wildman–Crippen MR) is 86.2 cm³/mol. The Morgan fingerprint density at radius 1 is 1.46 bits per heavy atom. The van der Waals surface area contributed by atoms with Crippen molar-refractivity contribution in [3.63, 3.8) is 0 Å². The van der Waals surface area contributed by atoms with E-state index in [2.05, 4.69) is 0 Å². The Morgan fingerprint density at radius 2 is 2.17 bits per heavy atom. The summed E-state index contributed by atoms with van der Waals surface area (Å²) in [4.78, 5) is 11.3. The second kappa shape index (κ2) is 6.25. The molecule has 2 heterocycles. The summed E-state index contributed by atoms with van der Waals surface area (Å²) in [5.74, 6) is -2.22. The van der Waals surface area contributed by atoms with Gasteiger partial charge in [0, 0.05) is 36.3 Å². The first-order valence-electron chi connectivity index (χ1n) is 7.64. The number of hydrogen-bond acceptors (Lipinski definition) is 3. The fraction of sp³-hybridized carbons (Fsp3) is 0.533. The largest absolute Gasteiger partial charge is 0.481 e. The van der Waals surface area contributed by atoms with E-state index in [-0.39, 0.29) is 23.2 Å². The molecular weight excluding hydrogens is 359 g/mol.